The second-order valence-electron chi connectivity index (χ2n) is 5.61. The normalized spacial score (nSPS) is 11.5. The fraction of sp³-hybridized carbons (Fsp3) is 0.105. The van der Waals surface area contributed by atoms with Gasteiger partial charge in [0.25, 0.3) is 5.22 Å². The molecule has 1 aromatic heterocycles. The van der Waals surface area contributed by atoms with Gasteiger partial charge in [0, 0.05) is 6.92 Å². The molecule has 28 heavy (non-hydrogen) atoms. The molecule has 0 radical (unpaired) electrons. The minimum Gasteiger partial charge on any atom is -0.488 e. The van der Waals surface area contributed by atoms with Gasteiger partial charge in [-0.2, -0.15) is 0 Å². The van der Waals surface area contributed by atoms with Gasteiger partial charge >= 0.3 is 5.97 Å². The van der Waals surface area contributed by atoms with Crippen LogP contribution in [0, 0.1) is 12.7 Å². The highest BCUT2D eigenvalue weighted by molar-refractivity contribution is 9.10. The molecule has 0 spiro atoms. The summed E-state index contributed by atoms with van der Waals surface area (Å²) < 4.78 is 24.5. The molecule has 0 aliphatic rings. The average Bonchev–Trinajstić information content (AvgIpc) is 3.06. The summed E-state index contributed by atoms with van der Waals surface area (Å²) in [6.07, 6.45) is 1.50. The summed E-state index contributed by atoms with van der Waals surface area (Å²) in [7, 11) is 0. The van der Waals surface area contributed by atoms with Crippen molar-refractivity contribution in [1.29, 1.82) is 0 Å². The van der Waals surface area contributed by atoms with Crippen LogP contribution in [0.3, 0.4) is 0 Å². The monoisotopic (exact) mass is 464 g/mol. The Morgan fingerprint density at radius 2 is 2.04 bits per heavy atom. The van der Waals surface area contributed by atoms with Crippen molar-refractivity contribution < 1.29 is 23.4 Å². The first kappa shape index (κ1) is 20.1. The van der Waals surface area contributed by atoms with E-state index in [9.17, 15) is 14.3 Å². The van der Waals surface area contributed by atoms with Crippen molar-refractivity contribution in [2.45, 2.75) is 18.8 Å². The highest BCUT2D eigenvalue weighted by Gasteiger charge is 2.14. The number of aryl methyl sites for hydroxylation is 1. The summed E-state index contributed by atoms with van der Waals surface area (Å²) in [6.45, 7) is 1.91. The predicted molar refractivity (Wildman–Crippen MR) is 105 cm³/mol. The predicted octanol–water partition coefficient (Wildman–Crippen LogP) is 5.08. The fourth-order valence-corrected chi connectivity index (χ4v) is 3.39. The Balaban J connectivity index is 1.73. The number of halogens is 2. The molecule has 0 bridgehead atoms. The lowest BCUT2D eigenvalue weighted by molar-refractivity contribution is -0.131. The van der Waals surface area contributed by atoms with Crippen molar-refractivity contribution in [1.82, 2.24) is 10.2 Å². The number of carboxylic acids is 1. The number of nitrogens with zero attached hydrogens (tertiary/aromatic N) is 2. The van der Waals surface area contributed by atoms with Crippen molar-refractivity contribution in [3.05, 3.63) is 74.7 Å². The molecule has 1 heterocycles. The number of aliphatic carboxylic acids is 1. The molecule has 3 aromatic rings. The number of thioether (sulfide) groups is 1. The van der Waals surface area contributed by atoms with Gasteiger partial charge in [-0.1, -0.05) is 18.2 Å². The van der Waals surface area contributed by atoms with Crippen molar-refractivity contribution >= 4 is 39.7 Å². The second kappa shape index (κ2) is 9.03. The molecule has 9 heteroatoms. The first-order valence-corrected chi connectivity index (χ1v) is 9.61. The first-order chi connectivity index (χ1) is 13.4. The summed E-state index contributed by atoms with van der Waals surface area (Å²) in [5, 5.41) is 17.0. The molecule has 0 amide bonds. The Labute approximate surface area is 172 Å². The van der Waals surface area contributed by atoms with E-state index in [1.54, 1.807) is 37.3 Å². The quantitative estimate of drug-likeness (QED) is 0.385. The van der Waals surface area contributed by atoms with Crippen LogP contribution in [0.25, 0.3) is 6.08 Å². The molecule has 0 saturated carbocycles. The summed E-state index contributed by atoms with van der Waals surface area (Å²) in [5.41, 5.74) is 1.49. The van der Waals surface area contributed by atoms with Gasteiger partial charge in [-0.15, -0.1) is 10.2 Å². The van der Waals surface area contributed by atoms with E-state index >= 15 is 0 Å². The summed E-state index contributed by atoms with van der Waals surface area (Å²) in [6, 6.07) is 11.2. The molecular weight excluding hydrogens is 451 g/mol. The zero-order chi connectivity index (χ0) is 20.1. The second-order valence-corrected chi connectivity index (χ2v) is 7.46. The fourth-order valence-electron chi connectivity index (χ4n) is 2.17. The van der Waals surface area contributed by atoms with E-state index in [0.29, 0.717) is 21.7 Å². The molecule has 6 nitrogen and oxygen atoms in total. The van der Waals surface area contributed by atoms with Crippen LogP contribution in [0.15, 0.2) is 61.5 Å². The molecule has 1 N–H and O–H groups in total. The maximum absolute atomic E-state index is 12.9. The minimum absolute atomic E-state index is 0.0375. The number of carboxylic acid groups (broad SMARTS) is 1. The van der Waals surface area contributed by atoms with Crippen LogP contribution in [0.5, 0.6) is 5.75 Å². The smallest absolute Gasteiger partial charge is 0.342 e. The van der Waals surface area contributed by atoms with E-state index in [1.807, 2.05) is 0 Å². The highest BCUT2D eigenvalue weighted by Crippen LogP contribution is 2.31. The van der Waals surface area contributed by atoms with E-state index in [4.69, 9.17) is 9.15 Å². The third-order valence-corrected chi connectivity index (χ3v) is 4.95. The van der Waals surface area contributed by atoms with Crippen LogP contribution in [0.2, 0.25) is 0 Å². The lowest BCUT2D eigenvalue weighted by Gasteiger charge is -2.09. The zero-order valence-electron chi connectivity index (χ0n) is 14.6. The molecule has 3 rings (SSSR count). The zero-order valence-corrected chi connectivity index (χ0v) is 17.0. The lowest BCUT2D eigenvalue weighted by Crippen LogP contribution is -1.98. The van der Waals surface area contributed by atoms with E-state index < -0.39 is 5.97 Å². The van der Waals surface area contributed by atoms with Gasteiger partial charge < -0.3 is 14.3 Å². The van der Waals surface area contributed by atoms with Crippen molar-refractivity contribution in [2.75, 3.05) is 0 Å². The Morgan fingerprint density at radius 1 is 1.29 bits per heavy atom. The number of ether oxygens (including phenoxy) is 1. The van der Waals surface area contributed by atoms with Gasteiger partial charge in [0.15, 0.2) is 0 Å². The van der Waals surface area contributed by atoms with Crippen LogP contribution >= 0.6 is 27.7 Å². The van der Waals surface area contributed by atoms with Gasteiger partial charge in [-0.05, 0) is 69.2 Å². The number of hydrogen-bond acceptors (Lipinski definition) is 6. The number of benzene rings is 2. The van der Waals surface area contributed by atoms with Crippen LogP contribution in [-0.4, -0.2) is 21.3 Å². The molecule has 0 aliphatic heterocycles. The van der Waals surface area contributed by atoms with Gasteiger partial charge in [-0.3, -0.25) is 0 Å². The van der Waals surface area contributed by atoms with Crippen LogP contribution < -0.4 is 4.74 Å². The Hall–Kier alpha value is -2.65. The van der Waals surface area contributed by atoms with Crippen LogP contribution in [-0.2, 0) is 11.4 Å². The number of hydrogen-bond donors (Lipinski definition) is 1. The van der Waals surface area contributed by atoms with E-state index in [2.05, 4.69) is 26.1 Å². The molecular formula is C19H14BrFN2O4S. The van der Waals surface area contributed by atoms with Crippen molar-refractivity contribution in [3.8, 4) is 5.75 Å². The molecule has 0 saturated heterocycles. The number of aromatic nitrogens is 2. The largest absolute Gasteiger partial charge is 0.488 e. The van der Waals surface area contributed by atoms with Gasteiger partial charge in [0.2, 0.25) is 5.89 Å². The van der Waals surface area contributed by atoms with Crippen LogP contribution in [0.1, 0.15) is 17.0 Å². The number of carbonyl (C=O) groups is 1. The number of rotatable bonds is 7. The standard InChI is InChI=1S/C19H14BrFN2O4S/c1-11-22-23-19(27-11)28-17(18(24)25)9-13-4-7-16(15(20)8-13)26-10-12-2-5-14(21)6-3-12/h2-9H,10H2,1H3,(H,24,25)/b17-9-. The van der Waals surface area contributed by atoms with Crippen molar-refractivity contribution in [3.63, 3.8) is 0 Å². The van der Waals surface area contributed by atoms with Crippen LogP contribution in [0.4, 0.5) is 4.39 Å². The SMILES string of the molecule is Cc1nnc(S/C(=C\c2ccc(OCc3ccc(F)cc3)c(Br)c2)C(=O)O)o1. The maximum Gasteiger partial charge on any atom is 0.342 e. The summed E-state index contributed by atoms with van der Waals surface area (Å²) >= 11 is 4.30. The molecule has 2 aromatic carbocycles. The molecule has 0 atom stereocenters. The summed E-state index contributed by atoms with van der Waals surface area (Å²) in [5.74, 6) is -0.464. The van der Waals surface area contributed by atoms with E-state index in [-0.39, 0.29) is 22.6 Å². The Kier molecular flexibility index (Phi) is 6.48. The average molecular weight is 465 g/mol. The topological polar surface area (TPSA) is 85.5 Å². The third-order valence-electron chi connectivity index (χ3n) is 3.48. The highest BCUT2D eigenvalue weighted by atomic mass is 79.9. The minimum atomic E-state index is -1.10. The van der Waals surface area contributed by atoms with E-state index in [0.717, 1.165) is 17.3 Å². The van der Waals surface area contributed by atoms with Crippen molar-refractivity contribution in [2.24, 2.45) is 0 Å². The van der Waals surface area contributed by atoms with Gasteiger partial charge in [0.1, 0.15) is 23.1 Å². The molecule has 0 aliphatic carbocycles. The lowest BCUT2D eigenvalue weighted by atomic mass is 10.2. The Morgan fingerprint density at radius 3 is 2.64 bits per heavy atom. The Bertz CT molecular complexity index is 1020. The maximum atomic E-state index is 12.9. The third kappa shape index (κ3) is 5.43. The summed E-state index contributed by atoms with van der Waals surface area (Å²) in [4.78, 5) is 11.5. The molecule has 144 valence electrons. The molecule has 0 unspecified atom stereocenters. The van der Waals surface area contributed by atoms with Gasteiger partial charge in [-0.25, -0.2) is 9.18 Å². The first-order valence-electron chi connectivity index (χ1n) is 8.00. The van der Waals surface area contributed by atoms with E-state index in [1.165, 1.54) is 18.2 Å². The molecule has 0 fully saturated rings. The van der Waals surface area contributed by atoms with Gasteiger partial charge in [0.05, 0.1) is 4.47 Å².